The Hall–Kier alpha value is -3.21. The predicted molar refractivity (Wildman–Crippen MR) is 99.0 cm³/mol. The Balaban J connectivity index is 1.60. The molecule has 0 aliphatic carbocycles. The number of nitrogens with zero attached hydrogens (tertiary/aromatic N) is 2. The number of rotatable bonds is 6. The molecule has 0 fully saturated rings. The van der Waals surface area contributed by atoms with Crippen molar-refractivity contribution >= 4 is 17.4 Å². The number of hydrogen-bond donors (Lipinski definition) is 2. The van der Waals surface area contributed by atoms with Gasteiger partial charge in [0.2, 0.25) is 0 Å². The highest BCUT2D eigenvalue weighted by molar-refractivity contribution is 5.93. The number of anilines is 2. The van der Waals surface area contributed by atoms with Crippen LogP contribution >= 0.6 is 0 Å². The number of amides is 1. The van der Waals surface area contributed by atoms with Gasteiger partial charge in [0.1, 0.15) is 17.8 Å². The first-order valence-electron chi connectivity index (χ1n) is 8.19. The molecule has 0 aliphatic rings. The Labute approximate surface area is 147 Å². The summed E-state index contributed by atoms with van der Waals surface area (Å²) in [5.74, 6) is 0.392. The van der Waals surface area contributed by atoms with Gasteiger partial charge >= 0.3 is 0 Å². The van der Waals surface area contributed by atoms with Gasteiger partial charge in [-0.05, 0) is 30.5 Å². The molecule has 0 radical (unpaired) electrons. The van der Waals surface area contributed by atoms with Crippen molar-refractivity contribution in [3.63, 3.8) is 0 Å². The Morgan fingerprint density at radius 3 is 2.56 bits per heavy atom. The van der Waals surface area contributed by atoms with Crippen LogP contribution in [0.5, 0.6) is 0 Å². The van der Waals surface area contributed by atoms with Crippen LogP contribution in [0.15, 0.2) is 67.0 Å². The van der Waals surface area contributed by atoms with E-state index in [1.54, 1.807) is 6.07 Å². The first-order chi connectivity index (χ1) is 12.2. The fourth-order valence-corrected chi connectivity index (χ4v) is 2.46. The van der Waals surface area contributed by atoms with Crippen LogP contribution in [-0.4, -0.2) is 22.4 Å². The van der Waals surface area contributed by atoms with Crippen LogP contribution in [0.2, 0.25) is 0 Å². The van der Waals surface area contributed by atoms with E-state index in [1.807, 2.05) is 61.5 Å². The fraction of sp³-hybridized carbons (Fsp3) is 0.150. The van der Waals surface area contributed by atoms with E-state index in [9.17, 15) is 4.79 Å². The average Bonchev–Trinajstić information content (AvgIpc) is 2.65. The quantitative estimate of drug-likeness (QED) is 0.725. The van der Waals surface area contributed by atoms with Crippen molar-refractivity contribution in [2.45, 2.75) is 13.3 Å². The van der Waals surface area contributed by atoms with Gasteiger partial charge in [0, 0.05) is 18.3 Å². The smallest absolute Gasteiger partial charge is 0.270 e. The molecule has 0 atom stereocenters. The molecule has 2 aromatic carbocycles. The van der Waals surface area contributed by atoms with E-state index in [4.69, 9.17) is 0 Å². The highest BCUT2D eigenvalue weighted by atomic mass is 16.1. The van der Waals surface area contributed by atoms with Crippen LogP contribution in [0.4, 0.5) is 11.5 Å². The topological polar surface area (TPSA) is 66.9 Å². The zero-order valence-corrected chi connectivity index (χ0v) is 14.1. The highest BCUT2D eigenvalue weighted by Crippen LogP contribution is 2.18. The summed E-state index contributed by atoms with van der Waals surface area (Å²) < 4.78 is 0. The van der Waals surface area contributed by atoms with Crippen molar-refractivity contribution in [3.05, 3.63) is 83.8 Å². The zero-order chi connectivity index (χ0) is 17.5. The number of carbonyl (C=O) groups excluding carboxylic acids is 1. The highest BCUT2D eigenvalue weighted by Gasteiger charge is 2.09. The Kier molecular flexibility index (Phi) is 5.36. The van der Waals surface area contributed by atoms with Crippen LogP contribution in [0.3, 0.4) is 0 Å². The third-order valence-electron chi connectivity index (χ3n) is 3.85. The minimum atomic E-state index is -0.203. The number of nitrogens with one attached hydrogen (secondary N) is 2. The second-order valence-corrected chi connectivity index (χ2v) is 5.72. The molecule has 25 heavy (non-hydrogen) atoms. The lowest BCUT2D eigenvalue weighted by Crippen LogP contribution is -2.26. The minimum absolute atomic E-state index is 0.203. The molecule has 1 amide bonds. The molecule has 2 N–H and O–H groups in total. The third kappa shape index (κ3) is 4.64. The van der Waals surface area contributed by atoms with Gasteiger partial charge in [0.15, 0.2) is 0 Å². The summed E-state index contributed by atoms with van der Waals surface area (Å²) >= 11 is 0. The normalized spacial score (nSPS) is 10.3. The van der Waals surface area contributed by atoms with E-state index < -0.39 is 0 Å². The van der Waals surface area contributed by atoms with Crippen molar-refractivity contribution in [1.82, 2.24) is 15.3 Å². The second kappa shape index (κ2) is 8.06. The molecule has 0 aliphatic heterocycles. The molecule has 5 nitrogen and oxygen atoms in total. The van der Waals surface area contributed by atoms with E-state index in [0.717, 1.165) is 17.7 Å². The monoisotopic (exact) mass is 332 g/mol. The van der Waals surface area contributed by atoms with E-state index >= 15 is 0 Å². The van der Waals surface area contributed by atoms with E-state index in [-0.39, 0.29) is 5.91 Å². The number of benzene rings is 2. The van der Waals surface area contributed by atoms with Crippen LogP contribution in [0, 0.1) is 6.92 Å². The SMILES string of the molecule is Cc1ccccc1Nc1cc(C(=O)NCCc2ccccc2)ncn1. The van der Waals surface area contributed by atoms with Gasteiger partial charge in [-0.15, -0.1) is 0 Å². The maximum absolute atomic E-state index is 12.3. The van der Waals surface area contributed by atoms with Crippen LogP contribution in [-0.2, 0) is 6.42 Å². The molecule has 0 saturated heterocycles. The van der Waals surface area contributed by atoms with E-state index in [0.29, 0.717) is 18.1 Å². The number of aryl methyl sites for hydroxylation is 1. The first-order valence-corrected chi connectivity index (χ1v) is 8.19. The molecular weight excluding hydrogens is 312 g/mol. The minimum Gasteiger partial charge on any atom is -0.350 e. The van der Waals surface area contributed by atoms with Crippen molar-refractivity contribution in [2.24, 2.45) is 0 Å². The Morgan fingerprint density at radius 2 is 1.76 bits per heavy atom. The van der Waals surface area contributed by atoms with Crippen molar-refractivity contribution in [1.29, 1.82) is 0 Å². The molecule has 0 unspecified atom stereocenters. The number of carbonyl (C=O) groups is 1. The standard InChI is InChI=1S/C20H20N4O/c1-15-7-5-6-10-17(15)24-19-13-18(22-14-23-19)20(25)21-12-11-16-8-3-2-4-9-16/h2-10,13-14H,11-12H2,1H3,(H,21,25)(H,22,23,24). The van der Waals surface area contributed by atoms with Gasteiger partial charge in [0.05, 0.1) is 0 Å². The van der Waals surface area contributed by atoms with Gasteiger partial charge < -0.3 is 10.6 Å². The molecule has 0 bridgehead atoms. The molecule has 126 valence electrons. The molecule has 0 spiro atoms. The number of para-hydroxylation sites is 1. The number of aromatic nitrogens is 2. The molecule has 1 heterocycles. The van der Waals surface area contributed by atoms with Gasteiger partial charge in [-0.3, -0.25) is 4.79 Å². The van der Waals surface area contributed by atoms with Gasteiger partial charge in [-0.1, -0.05) is 48.5 Å². The molecule has 1 aromatic heterocycles. The molecular formula is C20H20N4O. The van der Waals surface area contributed by atoms with Gasteiger partial charge in [-0.2, -0.15) is 0 Å². The lowest BCUT2D eigenvalue weighted by Gasteiger charge is -2.09. The van der Waals surface area contributed by atoms with Crippen LogP contribution < -0.4 is 10.6 Å². The summed E-state index contributed by atoms with van der Waals surface area (Å²) in [5, 5.41) is 6.11. The largest absolute Gasteiger partial charge is 0.350 e. The molecule has 3 aromatic rings. The Bertz CT molecular complexity index is 849. The van der Waals surface area contributed by atoms with Crippen LogP contribution in [0.1, 0.15) is 21.6 Å². The molecule has 0 saturated carbocycles. The van der Waals surface area contributed by atoms with Gasteiger partial charge in [-0.25, -0.2) is 9.97 Å². The summed E-state index contributed by atoms with van der Waals surface area (Å²) in [6.07, 6.45) is 2.18. The maximum atomic E-state index is 12.3. The Morgan fingerprint density at radius 1 is 1.00 bits per heavy atom. The second-order valence-electron chi connectivity index (χ2n) is 5.72. The van der Waals surface area contributed by atoms with Crippen LogP contribution in [0.25, 0.3) is 0 Å². The van der Waals surface area contributed by atoms with Crippen molar-refractivity contribution in [3.8, 4) is 0 Å². The van der Waals surface area contributed by atoms with Crippen molar-refractivity contribution in [2.75, 3.05) is 11.9 Å². The maximum Gasteiger partial charge on any atom is 0.270 e. The predicted octanol–water partition coefficient (Wildman–Crippen LogP) is 3.50. The summed E-state index contributed by atoms with van der Waals surface area (Å²) in [6, 6.07) is 19.6. The lowest BCUT2D eigenvalue weighted by atomic mass is 10.1. The first kappa shape index (κ1) is 16.6. The summed E-state index contributed by atoms with van der Waals surface area (Å²) in [4.78, 5) is 20.5. The molecule has 5 heteroatoms. The van der Waals surface area contributed by atoms with E-state index in [1.165, 1.54) is 11.9 Å². The average molecular weight is 332 g/mol. The summed E-state index contributed by atoms with van der Waals surface area (Å²) in [7, 11) is 0. The van der Waals surface area contributed by atoms with Crippen molar-refractivity contribution < 1.29 is 4.79 Å². The molecule has 3 rings (SSSR count). The van der Waals surface area contributed by atoms with Gasteiger partial charge in [0.25, 0.3) is 5.91 Å². The summed E-state index contributed by atoms with van der Waals surface area (Å²) in [6.45, 7) is 2.58. The number of hydrogen-bond acceptors (Lipinski definition) is 4. The fourth-order valence-electron chi connectivity index (χ4n) is 2.46. The lowest BCUT2D eigenvalue weighted by molar-refractivity contribution is 0.0949. The summed E-state index contributed by atoms with van der Waals surface area (Å²) in [5.41, 5.74) is 3.60. The third-order valence-corrected chi connectivity index (χ3v) is 3.85. The zero-order valence-electron chi connectivity index (χ0n) is 14.1. The van der Waals surface area contributed by atoms with E-state index in [2.05, 4.69) is 20.6 Å².